The van der Waals surface area contributed by atoms with E-state index in [4.69, 9.17) is 19.4 Å². The van der Waals surface area contributed by atoms with Crippen molar-refractivity contribution in [3.05, 3.63) is 24.3 Å². The Morgan fingerprint density at radius 3 is 1.76 bits per heavy atom. The van der Waals surface area contributed by atoms with Crippen LogP contribution < -0.4 is 9.47 Å². The molecule has 0 unspecified atom stereocenters. The van der Waals surface area contributed by atoms with E-state index < -0.39 is 12.1 Å². The molecule has 1 rings (SSSR count). The quantitative estimate of drug-likeness (QED) is 0.877. The summed E-state index contributed by atoms with van der Waals surface area (Å²) >= 11 is 0. The molecule has 1 N–H and O–H groups in total. The van der Waals surface area contributed by atoms with Gasteiger partial charge in [0.25, 0.3) is 0 Å². The zero-order valence-corrected chi connectivity index (χ0v) is 9.12. The number of carboxylic acids is 1. The average Bonchev–Trinajstić information content (AvgIpc) is 2.28. The largest absolute Gasteiger partial charge is 0.497 e. The molecule has 0 atom stereocenters. The molecule has 96 valence electrons. The molecule has 0 bridgehead atoms. The van der Waals surface area contributed by atoms with Crippen LogP contribution >= 0.6 is 0 Å². The van der Waals surface area contributed by atoms with Crippen LogP contribution in [0.15, 0.2) is 24.3 Å². The summed E-state index contributed by atoms with van der Waals surface area (Å²) in [5, 5.41) is 7.12. The number of hydrogen-bond donors (Lipinski definition) is 1. The Labute approximate surface area is 95.6 Å². The number of benzene rings is 1. The molecule has 7 heteroatoms. The maximum absolute atomic E-state index is 10.6. The molecule has 0 amide bonds. The maximum atomic E-state index is 10.6. The minimum absolute atomic E-state index is 0.819. The first-order valence-electron chi connectivity index (χ1n) is 4.29. The van der Waals surface area contributed by atoms with Crippen molar-refractivity contribution < 1.29 is 32.5 Å². The number of alkyl halides is 3. The predicted molar refractivity (Wildman–Crippen MR) is 53.2 cm³/mol. The van der Waals surface area contributed by atoms with Crippen LogP contribution in [0.25, 0.3) is 0 Å². The monoisotopic (exact) mass is 252 g/mol. The van der Waals surface area contributed by atoms with Crippen molar-refractivity contribution in [3.8, 4) is 11.5 Å². The van der Waals surface area contributed by atoms with E-state index in [2.05, 4.69) is 0 Å². The van der Waals surface area contributed by atoms with Crippen molar-refractivity contribution in [1.29, 1.82) is 0 Å². The normalized spacial score (nSPS) is 9.94. The van der Waals surface area contributed by atoms with Gasteiger partial charge in [-0.15, -0.1) is 0 Å². The summed E-state index contributed by atoms with van der Waals surface area (Å²) < 4.78 is 41.7. The highest BCUT2D eigenvalue weighted by molar-refractivity contribution is 5.73. The van der Waals surface area contributed by atoms with Crippen LogP contribution in [0.3, 0.4) is 0 Å². The van der Waals surface area contributed by atoms with Crippen LogP contribution in [-0.2, 0) is 4.79 Å². The Bertz CT molecular complexity index is 344. The second-order valence-corrected chi connectivity index (χ2v) is 2.69. The van der Waals surface area contributed by atoms with Gasteiger partial charge >= 0.3 is 12.1 Å². The van der Waals surface area contributed by atoms with E-state index in [9.17, 15) is 13.2 Å². The highest BCUT2D eigenvalue weighted by Crippen LogP contribution is 2.17. The van der Waals surface area contributed by atoms with Crippen LogP contribution in [0.2, 0.25) is 0 Å². The molecule has 0 aliphatic heterocycles. The van der Waals surface area contributed by atoms with Gasteiger partial charge < -0.3 is 14.6 Å². The van der Waals surface area contributed by atoms with Crippen LogP contribution in [0, 0.1) is 0 Å². The van der Waals surface area contributed by atoms with Gasteiger partial charge in [0.15, 0.2) is 0 Å². The minimum Gasteiger partial charge on any atom is -0.497 e. The number of carbonyl (C=O) groups is 1. The molecule has 0 aliphatic rings. The molecule has 1 aromatic rings. The molecule has 0 saturated heterocycles. The second-order valence-electron chi connectivity index (χ2n) is 2.69. The Morgan fingerprint density at radius 1 is 1.18 bits per heavy atom. The van der Waals surface area contributed by atoms with Gasteiger partial charge in [-0.1, -0.05) is 6.07 Å². The smallest absolute Gasteiger partial charge is 0.490 e. The lowest BCUT2D eigenvalue weighted by Crippen LogP contribution is -2.21. The summed E-state index contributed by atoms with van der Waals surface area (Å²) in [4.78, 5) is 8.90. The van der Waals surface area contributed by atoms with E-state index in [1.807, 2.05) is 24.3 Å². The van der Waals surface area contributed by atoms with Gasteiger partial charge in [-0.25, -0.2) is 4.79 Å². The van der Waals surface area contributed by atoms with E-state index in [1.54, 1.807) is 14.2 Å². The summed E-state index contributed by atoms with van der Waals surface area (Å²) in [6.07, 6.45) is -5.08. The van der Waals surface area contributed by atoms with Crippen molar-refractivity contribution in [1.82, 2.24) is 0 Å². The van der Waals surface area contributed by atoms with Crippen molar-refractivity contribution >= 4 is 5.97 Å². The summed E-state index contributed by atoms with van der Waals surface area (Å²) in [6, 6.07) is 7.47. The molecule has 0 aliphatic carbocycles. The average molecular weight is 252 g/mol. The number of aliphatic carboxylic acids is 1. The molecule has 1 aromatic carbocycles. The zero-order valence-electron chi connectivity index (χ0n) is 9.12. The molecule has 0 saturated carbocycles. The van der Waals surface area contributed by atoms with E-state index in [0.717, 1.165) is 11.5 Å². The maximum Gasteiger partial charge on any atom is 0.490 e. The van der Waals surface area contributed by atoms with E-state index in [-0.39, 0.29) is 0 Å². The number of rotatable bonds is 2. The van der Waals surface area contributed by atoms with Crippen LogP contribution in [0.5, 0.6) is 11.5 Å². The molecule has 17 heavy (non-hydrogen) atoms. The fourth-order valence-electron chi connectivity index (χ4n) is 0.728. The standard InChI is InChI=1S/C8H10O2.C2HF3O2/c1-9-7-4-3-5-8(6-7)10-2;3-2(4,5)1(6)7/h3-6H,1-2H3;(H,6,7). The lowest BCUT2D eigenvalue weighted by atomic mass is 10.3. The Hall–Kier alpha value is -1.92. The lowest BCUT2D eigenvalue weighted by molar-refractivity contribution is -0.192. The fourth-order valence-corrected chi connectivity index (χ4v) is 0.728. The molecule has 0 spiro atoms. The topological polar surface area (TPSA) is 55.8 Å². The van der Waals surface area contributed by atoms with E-state index >= 15 is 0 Å². The molecule has 0 radical (unpaired) electrons. The first-order chi connectivity index (χ1) is 7.81. The van der Waals surface area contributed by atoms with Gasteiger partial charge in [0.05, 0.1) is 14.2 Å². The third-order valence-electron chi connectivity index (χ3n) is 1.52. The molecular formula is C10H11F3O4. The van der Waals surface area contributed by atoms with Gasteiger partial charge in [0, 0.05) is 6.07 Å². The summed E-state index contributed by atoms with van der Waals surface area (Å²) in [7, 11) is 3.27. The number of hydrogen-bond acceptors (Lipinski definition) is 3. The molecule has 0 aromatic heterocycles. The zero-order chi connectivity index (χ0) is 13.5. The summed E-state index contributed by atoms with van der Waals surface area (Å²) in [6.45, 7) is 0. The summed E-state index contributed by atoms with van der Waals surface area (Å²) in [5.74, 6) is -1.12. The van der Waals surface area contributed by atoms with Gasteiger partial charge in [0.2, 0.25) is 0 Å². The fraction of sp³-hybridized carbons (Fsp3) is 0.300. The number of carboxylic acid groups (broad SMARTS) is 1. The van der Waals surface area contributed by atoms with Gasteiger partial charge in [-0.3, -0.25) is 0 Å². The Kier molecular flexibility index (Phi) is 5.87. The Morgan fingerprint density at radius 2 is 1.53 bits per heavy atom. The molecule has 4 nitrogen and oxygen atoms in total. The van der Waals surface area contributed by atoms with Crippen LogP contribution in [0.1, 0.15) is 0 Å². The SMILES string of the molecule is COc1cccc(OC)c1.O=C(O)C(F)(F)F. The number of halogens is 3. The molecule has 0 fully saturated rings. The van der Waals surface area contributed by atoms with E-state index in [0.29, 0.717) is 0 Å². The van der Waals surface area contributed by atoms with Crippen molar-refractivity contribution in [2.75, 3.05) is 14.2 Å². The van der Waals surface area contributed by atoms with Crippen LogP contribution in [0.4, 0.5) is 13.2 Å². The van der Waals surface area contributed by atoms with Gasteiger partial charge in [0.1, 0.15) is 11.5 Å². The highest BCUT2D eigenvalue weighted by atomic mass is 19.4. The number of ether oxygens (including phenoxy) is 2. The van der Waals surface area contributed by atoms with Crippen molar-refractivity contribution in [2.45, 2.75) is 6.18 Å². The third kappa shape index (κ3) is 6.29. The van der Waals surface area contributed by atoms with Crippen molar-refractivity contribution in [3.63, 3.8) is 0 Å². The predicted octanol–water partition coefficient (Wildman–Crippen LogP) is 2.34. The highest BCUT2D eigenvalue weighted by Gasteiger charge is 2.38. The molecule has 0 heterocycles. The minimum atomic E-state index is -5.08. The number of methoxy groups -OCH3 is 2. The van der Waals surface area contributed by atoms with Crippen LogP contribution in [-0.4, -0.2) is 31.5 Å². The van der Waals surface area contributed by atoms with Gasteiger partial charge in [-0.05, 0) is 12.1 Å². The first kappa shape index (κ1) is 15.1. The summed E-state index contributed by atoms with van der Waals surface area (Å²) in [5.41, 5.74) is 0. The third-order valence-corrected chi connectivity index (χ3v) is 1.52. The lowest BCUT2D eigenvalue weighted by Gasteiger charge is -2.01. The second kappa shape index (κ2) is 6.62. The van der Waals surface area contributed by atoms with Gasteiger partial charge in [-0.2, -0.15) is 13.2 Å². The van der Waals surface area contributed by atoms with E-state index in [1.165, 1.54) is 0 Å². The van der Waals surface area contributed by atoms with Crippen molar-refractivity contribution in [2.24, 2.45) is 0 Å². The first-order valence-corrected chi connectivity index (χ1v) is 4.29. The Balaban J connectivity index is 0.000000325. The molecular weight excluding hydrogens is 241 g/mol.